The number of anilines is 1. The number of aromatic nitrogens is 1. The fraction of sp³-hybridized carbons (Fsp3) is 0.263. The molecule has 3 aromatic rings. The lowest BCUT2D eigenvalue weighted by atomic mass is 10.3. The van der Waals surface area contributed by atoms with Crippen LogP contribution < -0.4 is 14.8 Å². The van der Waals surface area contributed by atoms with Gasteiger partial charge in [0.05, 0.1) is 18.4 Å². The van der Waals surface area contributed by atoms with E-state index >= 15 is 0 Å². The summed E-state index contributed by atoms with van der Waals surface area (Å²) in [5.74, 6) is 2.24. The molecule has 1 amide bonds. The minimum Gasteiger partial charge on any atom is -0.497 e. The molecule has 0 atom stereocenters. The lowest BCUT2D eigenvalue weighted by molar-refractivity contribution is -0.115. The van der Waals surface area contributed by atoms with Crippen molar-refractivity contribution in [1.29, 1.82) is 0 Å². The molecule has 2 aromatic carbocycles. The molecule has 0 unspecified atom stereocenters. The van der Waals surface area contributed by atoms with Crippen LogP contribution in [0.15, 0.2) is 47.4 Å². The first-order valence-corrected chi connectivity index (χ1v) is 10.1. The second kappa shape index (κ2) is 8.91. The van der Waals surface area contributed by atoms with Crippen molar-refractivity contribution in [2.24, 2.45) is 0 Å². The number of amides is 1. The number of thiazole rings is 1. The third-order valence-corrected chi connectivity index (χ3v) is 5.54. The van der Waals surface area contributed by atoms with Crippen LogP contribution in [-0.2, 0) is 4.79 Å². The number of thioether (sulfide) groups is 1. The van der Waals surface area contributed by atoms with Crippen LogP contribution in [0.3, 0.4) is 0 Å². The van der Waals surface area contributed by atoms with Gasteiger partial charge in [-0.25, -0.2) is 4.98 Å². The number of rotatable bonds is 8. The zero-order chi connectivity index (χ0) is 18.4. The van der Waals surface area contributed by atoms with Gasteiger partial charge in [-0.3, -0.25) is 4.79 Å². The maximum absolute atomic E-state index is 12.2. The molecule has 0 saturated carbocycles. The quantitative estimate of drug-likeness (QED) is 0.560. The predicted octanol–water partition coefficient (Wildman–Crippen LogP) is 4.82. The standard InChI is InChI=1S/C19H20N2O3S2/c1-3-24-15-5-4-6-16-18(15)21-19(26-16)20-17(22)11-12-25-14-9-7-13(23-2)8-10-14/h4-10H,3,11-12H2,1-2H3,(H,20,21,22). The Labute approximate surface area is 160 Å². The number of fused-ring (bicyclic) bond motifs is 1. The average molecular weight is 389 g/mol. The normalized spacial score (nSPS) is 10.7. The van der Waals surface area contributed by atoms with Crippen molar-refractivity contribution in [3.8, 4) is 11.5 Å². The van der Waals surface area contributed by atoms with Crippen molar-refractivity contribution in [1.82, 2.24) is 4.98 Å². The third-order valence-electron chi connectivity index (χ3n) is 3.59. The van der Waals surface area contributed by atoms with Gasteiger partial charge in [-0.1, -0.05) is 17.4 Å². The Bertz CT molecular complexity index is 878. The van der Waals surface area contributed by atoms with Gasteiger partial charge in [0.2, 0.25) is 5.91 Å². The van der Waals surface area contributed by atoms with Crippen molar-refractivity contribution in [2.75, 3.05) is 24.8 Å². The van der Waals surface area contributed by atoms with E-state index in [2.05, 4.69) is 10.3 Å². The Morgan fingerprint density at radius 1 is 1.23 bits per heavy atom. The summed E-state index contributed by atoms with van der Waals surface area (Å²) >= 11 is 3.09. The molecule has 0 spiro atoms. The van der Waals surface area contributed by atoms with Gasteiger partial charge in [-0.2, -0.15) is 0 Å². The molecule has 1 heterocycles. The number of para-hydroxylation sites is 1. The first-order valence-electron chi connectivity index (χ1n) is 8.28. The molecule has 0 bridgehead atoms. The van der Waals surface area contributed by atoms with Crippen molar-refractivity contribution in [2.45, 2.75) is 18.2 Å². The van der Waals surface area contributed by atoms with E-state index in [0.717, 1.165) is 26.6 Å². The molecule has 0 saturated heterocycles. The summed E-state index contributed by atoms with van der Waals surface area (Å²) in [5.41, 5.74) is 0.794. The smallest absolute Gasteiger partial charge is 0.226 e. The van der Waals surface area contributed by atoms with Crippen LogP contribution in [0.25, 0.3) is 10.2 Å². The first-order chi connectivity index (χ1) is 12.7. The summed E-state index contributed by atoms with van der Waals surface area (Å²) in [5, 5.41) is 3.49. The first kappa shape index (κ1) is 18.5. The number of nitrogens with one attached hydrogen (secondary N) is 1. The van der Waals surface area contributed by atoms with E-state index in [0.29, 0.717) is 23.9 Å². The number of carbonyl (C=O) groups excluding carboxylic acids is 1. The van der Waals surface area contributed by atoms with Crippen LogP contribution in [0, 0.1) is 0 Å². The summed E-state index contributed by atoms with van der Waals surface area (Å²) in [4.78, 5) is 17.8. The van der Waals surface area contributed by atoms with Crippen LogP contribution >= 0.6 is 23.1 Å². The highest BCUT2D eigenvalue weighted by molar-refractivity contribution is 7.99. The summed E-state index contributed by atoms with van der Waals surface area (Å²) in [7, 11) is 1.64. The van der Waals surface area contributed by atoms with Crippen LogP contribution in [0.5, 0.6) is 11.5 Å². The highest BCUT2D eigenvalue weighted by atomic mass is 32.2. The van der Waals surface area contributed by atoms with Gasteiger partial charge in [0.15, 0.2) is 5.13 Å². The monoisotopic (exact) mass is 388 g/mol. The molecule has 0 radical (unpaired) electrons. The average Bonchev–Trinajstić information content (AvgIpc) is 3.06. The highest BCUT2D eigenvalue weighted by Gasteiger charge is 2.11. The van der Waals surface area contributed by atoms with E-state index in [9.17, 15) is 4.79 Å². The Morgan fingerprint density at radius 2 is 2.04 bits per heavy atom. The minimum atomic E-state index is -0.0389. The molecular formula is C19H20N2O3S2. The molecule has 0 fully saturated rings. The molecule has 0 aliphatic carbocycles. The zero-order valence-corrected chi connectivity index (χ0v) is 16.3. The molecule has 7 heteroatoms. The SMILES string of the molecule is CCOc1cccc2sc(NC(=O)CCSc3ccc(OC)cc3)nc12. The van der Waals surface area contributed by atoms with Crippen LogP contribution in [0.4, 0.5) is 5.13 Å². The van der Waals surface area contributed by atoms with Gasteiger partial charge >= 0.3 is 0 Å². The maximum atomic E-state index is 12.2. The predicted molar refractivity (Wildman–Crippen MR) is 108 cm³/mol. The Balaban J connectivity index is 1.54. The Kier molecular flexibility index (Phi) is 6.35. The van der Waals surface area contributed by atoms with E-state index < -0.39 is 0 Å². The number of methoxy groups -OCH3 is 1. The van der Waals surface area contributed by atoms with E-state index in [1.165, 1.54) is 11.3 Å². The number of ether oxygens (including phenoxy) is 2. The second-order valence-corrected chi connectivity index (χ2v) is 7.58. The molecule has 3 rings (SSSR count). The lowest BCUT2D eigenvalue weighted by Crippen LogP contribution is -2.11. The van der Waals surface area contributed by atoms with Crippen molar-refractivity contribution < 1.29 is 14.3 Å². The molecule has 1 N–H and O–H groups in total. The molecule has 0 aliphatic rings. The fourth-order valence-electron chi connectivity index (χ4n) is 2.36. The fourth-order valence-corrected chi connectivity index (χ4v) is 4.12. The van der Waals surface area contributed by atoms with Gasteiger partial charge < -0.3 is 14.8 Å². The zero-order valence-electron chi connectivity index (χ0n) is 14.7. The van der Waals surface area contributed by atoms with Crippen molar-refractivity contribution >= 4 is 44.4 Å². The van der Waals surface area contributed by atoms with Gasteiger partial charge in [0.1, 0.15) is 17.0 Å². The van der Waals surface area contributed by atoms with Crippen LogP contribution in [0.2, 0.25) is 0 Å². The topological polar surface area (TPSA) is 60.5 Å². The minimum absolute atomic E-state index is 0.0389. The van der Waals surface area contributed by atoms with Gasteiger partial charge in [-0.05, 0) is 43.3 Å². The van der Waals surface area contributed by atoms with Crippen LogP contribution in [-0.4, -0.2) is 30.4 Å². The maximum Gasteiger partial charge on any atom is 0.226 e. The van der Waals surface area contributed by atoms with Crippen molar-refractivity contribution in [3.63, 3.8) is 0 Å². The number of benzene rings is 2. The number of hydrogen-bond acceptors (Lipinski definition) is 6. The molecular weight excluding hydrogens is 368 g/mol. The summed E-state index contributed by atoms with van der Waals surface area (Å²) < 4.78 is 11.7. The summed E-state index contributed by atoms with van der Waals surface area (Å²) in [6.45, 7) is 2.52. The summed E-state index contributed by atoms with van der Waals surface area (Å²) in [6.07, 6.45) is 0.422. The lowest BCUT2D eigenvalue weighted by Gasteiger charge is -2.04. The second-order valence-electron chi connectivity index (χ2n) is 5.38. The van der Waals surface area contributed by atoms with E-state index in [4.69, 9.17) is 9.47 Å². The largest absolute Gasteiger partial charge is 0.497 e. The number of carbonyl (C=O) groups is 1. The van der Waals surface area contributed by atoms with E-state index in [1.54, 1.807) is 18.9 Å². The third kappa shape index (κ3) is 4.68. The molecule has 1 aromatic heterocycles. The molecule has 26 heavy (non-hydrogen) atoms. The highest BCUT2D eigenvalue weighted by Crippen LogP contribution is 2.32. The molecule has 136 valence electrons. The number of nitrogens with zero attached hydrogens (tertiary/aromatic N) is 1. The Hall–Kier alpha value is -2.25. The van der Waals surface area contributed by atoms with E-state index in [1.807, 2.05) is 49.4 Å². The van der Waals surface area contributed by atoms with Gasteiger partial charge in [0, 0.05) is 17.1 Å². The Morgan fingerprint density at radius 3 is 2.77 bits per heavy atom. The number of hydrogen-bond donors (Lipinski definition) is 1. The van der Waals surface area contributed by atoms with Gasteiger partial charge in [0.25, 0.3) is 0 Å². The van der Waals surface area contributed by atoms with Gasteiger partial charge in [-0.15, -0.1) is 11.8 Å². The molecule has 5 nitrogen and oxygen atoms in total. The summed E-state index contributed by atoms with van der Waals surface area (Å²) in [6, 6.07) is 13.6. The van der Waals surface area contributed by atoms with E-state index in [-0.39, 0.29) is 5.91 Å². The van der Waals surface area contributed by atoms with Crippen LogP contribution in [0.1, 0.15) is 13.3 Å². The molecule has 0 aliphatic heterocycles. The van der Waals surface area contributed by atoms with Crippen molar-refractivity contribution in [3.05, 3.63) is 42.5 Å².